The number of likely N-dealkylation sites (N-methyl/N-ethyl adjacent to an activating group) is 1. The van der Waals surface area contributed by atoms with Gasteiger partial charge in [0.05, 0.1) is 11.8 Å². The van der Waals surface area contributed by atoms with Crippen LogP contribution in [0.2, 0.25) is 0 Å². The third-order valence-corrected chi connectivity index (χ3v) is 5.84. The summed E-state index contributed by atoms with van der Waals surface area (Å²) in [5.41, 5.74) is 0.955. The summed E-state index contributed by atoms with van der Waals surface area (Å²) in [4.78, 5) is 33.2. The lowest BCUT2D eigenvalue weighted by atomic mass is 10.1. The van der Waals surface area contributed by atoms with E-state index in [1.165, 1.54) is 30.6 Å². The van der Waals surface area contributed by atoms with E-state index in [9.17, 15) is 14.0 Å². The predicted octanol–water partition coefficient (Wildman–Crippen LogP) is 3.82. The van der Waals surface area contributed by atoms with Gasteiger partial charge in [-0.05, 0) is 48.4 Å². The van der Waals surface area contributed by atoms with Crippen LogP contribution in [0.4, 0.5) is 15.0 Å². The van der Waals surface area contributed by atoms with E-state index in [4.69, 9.17) is 9.47 Å². The summed E-state index contributed by atoms with van der Waals surface area (Å²) in [5.74, 6) is 1.61. The van der Waals surface area contributed by atoms with Gasteiger partial charge in [0.25, 0.3) is 5.24 Å². The van der Waals surface area contributed by atoms with Crippen molar-refractivity contribution in [2.45, 2.75) is 11.7 Å². The van der Waals surface area contributed by atoms with Crippen molar-refractivity contribution in [3.05, 3.63) is 72.3 Å². The zero-order chi connectivity index (χ0) is 23.2. The molecule has 0 bridgehead atoms. The number of hydrogen-bond donors (Lipinski definition) is 1. The van der Waals surface area contributed by atoms with Crippen molar-refractivity contribution in [1.29, 1.82) is 0 Å². The zero-order valence-corrected chi connectivity index (χ0v) is 18.5. The summed E-state index contributed by atoms with van der Waals surface area (Å²) >= 11 is 1.02. The van der Waals surface area contributed by atoms with Gasteiger partial charge in [-0.3, -0.25) is 14.9 Å². The first-order valence-electron chi connectivity index (χ1n) is 10.2. The fourth-order valence-electron chi connectivity index (χ4n) is 3.10. The number of imide groups is 1. The van der Waals surface area contributed by atoms with Crippen molar-refractivity contribution < 1.29 is 23.5 Å². The quantitative estimate of drug-likeness (QED) is 0.507. The number of amides is 2. The number of carbonyl (C=O) groups excluding carboxylic acids is 2. The van der Waals surface area contributed by atoms with E-state index in [-0.39, 0.29) is 22.2 Å². The molecule has 0 saturated carbocycles. The lowest BCUT2D eigenvalue weighted by Crippen LogP contribution is -2.25. The molecule has 1 fully saturated rings. The van der Waals surface area contributed by atoms with Crippen LogP contribution in [0.25, 0.3) is 0 Å². The molecule has 1 aromatic heterocycles. The Kier molecular flexibility index (Phi) is 7.04. The molecule has 10 heteroatoms. The molecular weight excluding hydrogens is 447 g/mol. The minimum Gasteiger partial charge on any atom is -0.492 e. The summed E-state index contributed by atoms with van der Waals surface area (Å²) in [5, 5.41) is 1.61. The van der Waals surface area contributed by atoms with Crippen LogP contribution in [-0.2, 0) is 11.2 Å². The number of anilines is 1. The molecular formula is C23H21FN4O4S. The third-order valence-electron chi connectivity index (χ3n) is 4.86. The van der Waals surface area contributed by atoms with Gasteiger partial charge in [-0.15, -0.1) is 0 Å². The molecule has 170 valence electrons. The maximum absolute atomic E-state index is 13.0. The highest BCUT2D eigenvalue weighted by molar-refractivity contribution is 8.15. The SMILES string of the molecule is CN(CCOc1ccc(CC2SC(=O)NC2=O)cc1)c1cc(Oc2ccc(F)cc2)ncn1. The van der Waals surface area contributed by atoms with Crippen molar-refractivity contribution in [3.63, 3.8) is 0 Å². The molecule has 0 aliphatic carbocycles. The number of nitrogens with one attached hydrogen (secondary N) is 1. The molecule has 1 N–H and O–H groups in total. The van der Waals surface area contributed by atoms with Crippen molar-refractivity contribution in [3.8, 4) is 17.4 Å². The van der Waals surface area contributed by atoms with Crippen LogP contribution in [0.5, 0.6) is 17.4 Å². The number of carbonyl (C=O) groups is 2. The topological polar surface area (TPSA) is 93.7 Å². The highest BCUT2D eigenvalue weighted by Gasteiger charge is 2.31. The normalized spacial score (nSPS) is 15.3. The summed E-state index contributed by atoms with van der Waals surface area (Å²) < 4.78 is 24.5. The van der Waals surface area contributed by atoms with Gasteiger partial charge in [0.2, 0.25) is 11.8 Å². The zero-order valence-electron chi connectivity index (χ0n) is 17.7. The minimum absolute atomic E-state index is 0.246. The fraction of sp³-hybridized carbons (Fsp3) is 0.217. The van der Waals surface area contributed by atoms with Crippen LogP contribution in [0, 0.1) is 5.82 Å². The molecule has 1 saturated heterocycles. The Balaban J connectivity index is 1.26. The number of benzene rings is 2. The number of rotatable bonds is 9. The lowest BCUT2D eigenvalue weighted by molar-refractivity contribution is -0.118. The number of halogens is 1. The van der Waals surface area contributed by atoms with Gasteiger partial charge in [0.1, 0.15) is 36.1 Å². The van der Waals surface area contributed by atoms with Crippen molar-refractivity contribution in [1.82, 2.24) is 15.3 Å². The van der Waals surface area contributed by atoms with Crippen LogP contribution in [0.3, 0.4) is 0 Å². The highest BCUT2D eigenvalue weighted by atomic mass is 32.2. The molecule has 1 aliphatic heterocycles. The molecule has 1 aliphatic rings. The Morgan fingerprint density at radius 3 is 2.48 bits per heavy atom. The Bertz CT molecular complexity index is 1130. The molecule has 0 spiro atoms. The Hall–Kier alpha value is -3.66. The smallest absolute Gasteiger partial charge is 0.286 e. The number of aromatic nitrogens is 2. The average Bonchev–Trinajstić information content (AvgIpc) is 3.13. The average molecular weight is 469 g/mol. The van der Waals surface area contributed by atoms with Crippen LogP contribution in [-0.4, -0.2) is 46.6 Å². The van der Waals surface area contributed by atoms with E-state index in [1.54, 1.807) is 6.07 Å². The fourth-order valence-corrected chi connectivity index (χ4v) is 3.96. The van der Waals surface area contributed by atoms with Crippen LogP contribution >= 0.6 is 11.8 Å². The minimum atomic E-state index is -0.386. The van der Waals surface area contributed by atoms with Crippen LogP contribution in [0.15, 0.2) is 60.9 Å². The highest BCUT2D eigenvalue weighted by Crippen LogP contribution is 2.24. The molecule has 33 heavy (non-hydrogen) atoms. The predicted molar refractivity (Wildman–Crippen MR) is 122 cm³/mol. The first kappa shape index (κ1) is 22.5. The number of hydrogen-bond acceptors (Lipinski definition) is 8. The van der Waals surface area contributed by atoms with E-state index in [0.29, 0.717) is 42.8 Å². The maximum atomic E-state index is 13.0. The first-order chi connectivity index (χ1) is 16.0. The Labute approximate surface area is 194 Å². The van der Waals surface area contributed by atoms with Gasteiger partial charge >= 0.3 is 0 Å². The number of thioether (sulfide) groups is 1. The molecule has 2 heterocycles. The van der Waals surface area contributed by atoms with E-state index in [0.717, 1.165) is 17.3 Å². The van der Waals surface area contributed by atoms with Gasteiger partial charge in [-0.1, -0.05) is 23.9 Å². The Morgan fingerprint density at radius 1 is 1.06 bits per heavy atom. The molecule has 3 aromatic rings. The van der Waals surface area contributed by atoms with E-state index < -0.39 is 0 Å². The Morgan fingerprint density at radius 2 is 1.79 bits per heavy atom. The van der Waals surface area contributed by atoms with Crippen LogP contribution < -0.4 is 19.7 Å². The third kappa shape index (κ3) is 6.19. The molecule has 2 aromatic carbocycles. The second kappa shape index (κ2) is 10.3. The monoisotopic (exact) mass is 468 g/mol. The van der Waals surface area contributed by atoms with Crippen molar-refractivity contribution in [2.24, 2.45) is 0 Å². The van der Waals surface area contributed by atoms with Gasteiger partial charge in [-0.25, -0.2) is 14.4 Å². The lowest BCUT2D eigenvalue weighted by Gasteiger charge is -2.18. The van der Waals surface area contributed by atoms with Crippen molar-refractivity contribution in [2.75, 3.05) is 25.1 Å². The molecule has 1 atom stereocenters. The summed E-state index contributed by atoms with van der Waals surface area (Å²) in [6.07, 6.45) is 1.89. The van der Waals surface area contributed by atoms with Gasteiger partial charge in [0.15, 0.2) is 0 Å². The van der Waals surface area contributed by atoms with Gasteiger partial charge in [-0.2, -0.15) is 0 Å². The molecule has 1 unspecified atom stereocenters. The van der Waals surface area contributed by atoms with Gasteiger partial charge < -0.3 is 14.4 Å². The first-order valence-corrected chi connectivity index (χ1v) is 11.0. The summed E-state index contributed by atoms with van der Waals surface area (Å²) in [6, 6.07) is 14.8. The number of ether oxygens (including phenoxy) is 2. The van der Waals surface area contributed by atoms with Crippen LogP contribution in [0.1, 0.15) is 5.56 Å². The molecule has 8 nitrogen and oxygen atoms in total. The largest absolute Gasteiger partial charge is 0.492 e. The number of nitrogens with zero attached hydrogens (tertiary/aromatic N) is 3. The molecule has 4 rings (SSSR count). The molecule has 2 amide bonds. The second-order valence-corrected chi connectivity index (χ2v) is 8.45. The summed E-state index contributed by atoms with van der Waals surface area (Å²) in [6.45, 7) is 0.985. The van der Waals surface area contributed by atoms with E-state index in [1.807, 2.05) is 36.2 Å². The maximum Gasteiger partial charge on any atom is 0.286 e. The van der Waals surface area contributed by atoms with E-state index >= 15 is 0 Å². The second-order valence-electron chi connectivity index (χ2n) is 7.27. The standard InChI is InChI=1S/C23H21FN4O4S/c1-28(20-13-21(26-14-25-20)32-18-8-4-16(24)5-9-18)10-11-31-17-6-2-15(3-7-17)12-19-22(29)27-23(30)33-19/h2-9,13-14,19H,10-12H2,1H3,(H,27,29,30). The van der Waals surface area contributed by atoms with Gasteiger partial charge in [0, 0.05) is 13.1 Å². The molecule has 0 radical (unpaired) electrons. The van der Waals surface area contributed by atoms with Crippen molar-refractivity contribution >= 4 is 28.7 Å². The summed E-state index contributed by atoms with van der Waals surface area (Å²) in [7, 11) is 1.88. The van der Waals surface area contributed by atoms with E-state index in [2.05, 4.69) is 15.3 Å².